The van der Waals surface area contributed by atoms with Gasteiger partial charge in [0.2, 0.25) is 17.1 Å². The van der Waals surface area contributed by atoms with E-state index in [1.54, 1.807) is 0 Å². The van der Waals surface area contributed by atoms with E-state index in [0.717, 1.165) is 23.5 Å². The molecule has 4 N–H and O–H groups in total. The summed E-state index contributed by atoms with van der Waals surface area (Å²) in [7, 11) is 0. The zero-order chi connectivity index (χ0) is 20.1. The van der Waals surface area contributed by atoms with Crippen molar-refractivity contribution in [3.05, 3.63) is 66.0 Å². The number of nitrogens with two attached hydrogens (primary N) is 1. The van der Waals surface area contributed by atoms with Crippen molar-refractivity contribution in [2.24, 2.45) is 0 Å². The molecule has 0 fully saturated rings. The lowest BCUT2D eigenvalue weighted by atomic mass is 10.1. The first-order valence-electron chi connectivity index (χ1n) is 9.17. The van der Waals surface area contributed by atoms with Crippen LogP contribution in [-0.4, -0.2) is 30.1 Å². The maximum Gasteiger partial charge on any atom is 0.232 e. The van der Waals surface area contributed by atoms with Crippen LogP contribution >= 0.6 is 11.8 Å². The minimum Gasteiger partial charge on any atom is -0.368 e. The normalized spacial score (nSPS) is 10.8. The van der Waals surface area contributed by atoms with E-state index < -0.39 is 0 Å². The molecule has 0 amide bonds. The first kappa shape index (κ1) is 18.9. The molecule has 0 saturated carbocycles. The van der Waals surface area contributed by atoms with Crippen molar-refractivity contribution in [1.82, 2.24) is 30.1 Å². The van der Waals surface area contributed by atoms with Gasteiger partial charge in [-0.3, -0.25) is 5.10 Å². The van der Waals surface area contributed by atoms with Crippen LogP contribution in [0.25, 0.3) is 11.4 Å². The van der Waals surface area contributed by atoms with Crippen molar-refractivity contribution in [1.29, 1.82) is 0 Å². The Kier molecular flexibility index (Phi) is 5.66. The summed E-state index contributed by atoms with van der Waals surface area (Å²) >= 11 is 1.43. The lowest BCUT2D eigenvalue weighted by molar-refractivity contribution is 0.955. The number of anilines is 3. The zero-order valence-electron chi connectivity index (χ0n) is 15.8. The molecule has 8 nitrogen and oxygen atoms in total. The smallest absolute Gasteiger partial charge is 0.232 e. The van der Waals surface area contributed by atoms with E-state index in [1.165, 1.54) is 17.3 Å². The third-order valence-electron chi connectivity index (χ3n) is 4.19. The molecule has 0 aliphatic carbocycles. The number of nitrogens with zero attached hydrogens (tertiary/aromatic N) is 5. The summed E-state index contributed by atoms with van der Waals surface area (Å²) < 4.78 is 0. The predicted molar refractivity (Wildman–Crippen MR) is 115 cm³/mol. The van der Waals surface area contributed by atoms with Gasteiger partial charge in [0.05, 0.1) is 5.75 Å². The van der Waals surface area contributed by atoms with Crippen LogP contribution in [0.4, 0.5) is 17.6 Å². The van der Waals surface area contributed by atoms with Crippen molar-refractivity contribution in [2.75, 3.05) is 11.1 Å². The average Bonchev–Trinajstić information content (AvgIpc) is 3.22. The van der Waals surface area contributed by atoms with Crippen LogP contribution in [0.1, 0.15) is 18.3 Å². The highest BCUT2D eigenvalue weighted by Crippen LogP contribution is 2.23. The monoisotopic (exact) mass is 404 g/mol. The van der Waals surface area contributed by atoms with Crippen LogP contribution in [0.2, 0.25) is 0 Å². The zero-order valence-corrected chi connectivity index (χ0v) is 16.6. The molecule has 2 heterocycles. The summed E-state index contributed by atoms with van der Waals surface area (Å²) in [4.78, 5) is 17.4. The Labute approximate surface area is 172 Å². The number of H-pyrrole nitrogens is 1. The summed E-state index contributed by atoms with van der Waals surface area (Å²) in [5.41, 5.74) is 9.00. The molecule has 0 radical (unpaired) electrons. The fourth-order valence-corrected chi connectivity index (χ4v) is 3.45. The van der Waals surface area contributed by atoms with E-state index in [9.17, 15) is 0 Å². The minimum atomic E-state index is 0.173. The van der Waals surface area contributed by atoms with Crippen LogP contribution in [0.15, 0.2) is 59.8 Å². The van der Waals surface area contributed by atoms with Gasteiger partial charge in [-0.15, -0.1) is 5.10 Å². The number of nitrogen functional groups attached to an aromatic ring is 1. The van der Waals surface area contributed by atoms with Crippen LogP contribution < -0.4 is 11.1 Å². The number of rotatable bonds is 7. The highest BCUT2D eigenvalue weighted by molar-refractivity contribution is 7.98. The third-order valence-corrected chi connectivity index (χ3v) is 5.03. The highest BCUT2D eigenvalue weighted by Gasteiger charge is 2.10. The molecule has 146 valence electrons. The second-order valence-electron chi connectivity index (χ2n) is 6.19. The number of benzene rings is 2. The molecule has 2 aromatic carbocycles. The summed E-state index contributed by atoms with van der Waals surface area (Å²) in [5.74, 6) is 2.36. The van der Waals surface area contributed by atoms with Crippen molar-refractivity contribution in [2.45, 2.75) is 24.3 Å². The topological polar surface area (TPSA) is 118 Å². The summed E-state index contributed by atoms with van der Waals surface area (Å²) in [6.45, 7) is 2.10. The van der Waals surface area contributed by atoms with Gasteiger partial charge < -0.3 is 11.1 Å². The molecule has 9 heteroatoms. The van der Waals surface area contributed by atoms with Gasteiger partial charge >= 0.3 is 0 Å². The van der Waals surface area contributed by atoms with Gasteiger partial charge in [-0.2, -0.15) is 15.0 Å². The Morgan fingerprint density at radius 3 is 2.59 bits per heavy atom. The van der Waals surface area contributed by atoms with Crippen molar-refractivity contribution < 1.29 is 0 Å². The van der Waals surface area contributed by atoms with Gasteiger partial charge in [0, 0.05) is 11.3 Å². The van der Waals surface area contributed by atoms with Gasteiger partial charge in [0.1, 0.15) is 5.82 Å². The quantitative estimate of drug-likeness (QED) is 0.398. The number of aromatic nitrogens is 6. The first-order chi connectivity index (χ1) is 14.2. The third kappa shape index (κ3) is 4.69. The molecule has 29 heavy (non-hydrogen) atoms. The van der Waals surface area contributed by atoms with Gasteiger partial charge in [-0.1, -0.05) is 67.2 Å². The van der Waals surface area contributed by atoms with E-state index in [2.05, 4.69) is 48.4 Å². The average molecular weight is 405 g/mol. The number of nitrogens with one attached hydrogen (secondary N) is 2. The molecule has 0 atom stereocenters. The molecule has 0 aliphatic rings. The second kappa shape index (κ2) is 8.70. The predicted octanol–water partition coefficient (Wildman–Crippen LogP) is 3.84. The second-order valence-corrected chi connectivity index (χ2v) is 7.13. The fraction of sp³-hybridized carbons (Fsp3) is 0.150. The Balaban J connectivity index is 1.46. The standard InChI is InChI=1S/C20H20N8S/c1-2-13-8-6-7-11-15(13)22-19-24-16(23-18(21)26-19)12-29-20-25-17(27-28-20)14-9-4-3-5-10-14/h3-11H,2,12H2,1H3,(H,25,27,28)(H3,21,22,23,24,26). The molecular formula is C20H20N8S. The molecule has 2 aromatic heterocycles. The summed E-state index contributed by atoms with van der Waals surface area (Å²) in [6, 6.07) is 17.9. The van der Waals surface area contributed by atoms with Gasteiger partial charge in [-0.25, -0.2) is 4.98 Å². The molecule has 0 unspecified atom stereocenters. The lowest BCUT2D eigenvalue weighted by Crippen LogP contribution is -2.07. The van der Waals surface area contributed by atoms with Crippen LogP contribution in [0.5, 0.6) is 0 Å². The molecule has 0 spiro atoms. The van der Waals surface area contributed by atoms with Crippen LogP contribution in [-0.2, 0) is 12.2 Å². The van der Waals surface area contributed by atoms with Crippen molar-refractivity contribution in [3.63, 3.8) is 0 Å². The minimum absolute atomic E-state index is 0.173. The summed E-state index contributed by atoms with van der Waals surface area (Å²) in [6.07, 6.45) is 0.904. The van der Waals surface area contributed by atoms with E-state index in [0.29, 0.717) is 22.7 Å². The molecular weight excluding hydrogens is 384 g/mol. The number of hydrogen-bond donors (Lipinski definition) is 3. The van der Waals surface area contributed by atoms with Gasteiger partial charge in [-0.05, 0) is 18.1 Å². The van der Waals surface area contributed by atoms with E-state index in [-0.39, 0.29) is 5.95 Å². The fourth-order valence-electron chi connectivity index (χ4n) is 2.79. The maximum atomic E-state index is 5.88. The number of thioether (sulfide) groups is 1. The van der Waals surface area contributed by atoms with Gasteiger partial charge in [0.15, 0.2) is 5.82 Å². The Bertz CT molecular complexity index is 1100. The molecule has 0 bridgehead atoms. The van der Waals surface area contributed by atoms with Gasteiger partial charge in [0.25, 0.3) is 0 Å². The van der Waals surface area contributed by atoms with E-state index in [1.807, 2.05) is 48.5 Å². The molecule has 4 aromatic rings. The SMILES string of the molecule is CCc1ccccc1Nc1nc(N)nc(CSc2n[nH]c(-c3ccccc3)n2)n1. The largest absolute Gasteiger partial charge is 0.368 e. The molecule has 0 aliphatic heterocycles. The number of aryl methyl sites for hydroxylation is 1. The van der Waals surface area contributed by atoms with Crippen molar-refractivity contribution in [3.8, 4) is 11.4 Å². The number of hydrogen-bond acceptors (Lipinski definition) is 8. The number of aromatic amines is 1. The molecule has 0 saturated heterocycles. The molecule has 4 rings (SSSR count). The van der Waals surface area contributed by atoms with E-state index in [4.69, 9.17) is 5.73 Å². The first-order valence-corrected chi connectivity index (χ1v) is 10.2. The maximum absolute atomic E-state index is 5.88. The van der Waals surface area contributed by atoms with Crippen LogP contribution in [0, 0.1) is 0 Å². The van der Waals surface area contributed by atoms with Crippen molar-refractivity contribution >= 4 is 29.3 Å². The van der Waals surface area contributed by atoms with E-state index >= 15 is 0 Å². The Morgan fingerprint density at radius 2 is 1.76 bits per heavy atom. The Hall–Kier alpha value is -3.46. The number of para-hydroxylation sites is 1. The Morgan fingerprint density at radius 1 is 0.966 bits per heavy atom. The lowest BCUT2D eigenvalue weighted by Gasteiger charge is -2.10. The highest BCUT2D eigenvalue weighted by atomic mass is 32.2. The summed E-state index contributed by atoms with van der Waals surface area (Å²) in [5, 5.41) is 11.1. The van der Waals surface area contributed by atoms with Crippen LogP contribution in [0.3, 0.4) is 0 Å².